The highest BCUT2D eigenvalue weighted by Crippen LogP contribution is 2.44. The first-order valence-corrected chi connectivity index (χ1v) is 8.04. The van der Waals surface area contributed by atoms with Crippen molar-refractivity contribution in [1.82, 2.24) is 0 Å². The quantitative estimate of drug-likeness (QED) is 0.644. The van der Waals surface area contributed by atoms with Crippen molar-refractivity contribution in [3.8, 4) is 11.5 Å². The number of phenols is 2. The SMILES string of the molecule is CC(C)(N)CC(C)(C)Cc1cc(O)c2c(c1O)CCCC2O. The number of aliphatic hydroxyl groups excluding tert-OH is 1. The van der Waals surface area contributed by atoms with Crippen LogP contribution in [-0.4, -0.2) is 20.9 Å². The number of phenolic OH excluding ortho intramolecular Hbond substituents is 2. The number of fused-ring (bicyclic) bond motifs is 1. The topological polar surface area (TPSA) is 86.7 Å². The van der Waals surface area contributed by atoms with Crippen molar-refractivity contribution in [2.24, 2.45) is 11.1 Å². The van der Waals surface area contributed by atoms with Crippen LogP contribution in [0, 0.1) is 5.41 Å². The van der Waals surface area contributed by atoms with E-state index in [1.54, 1.807) is 6.07 Å². The molecule has 0 radical (unpaired) electrons. The highest BCUT2D eigenvalue weighted by molar-refractivity contribution is 5.54. The molecule has 1 atom stereocenters. The molecule has 1 aliphatic rings. The van der Waals surface area contributed by atoms with Gasteiger partial charge in [-0.3, -0.25) is 0 Å². The summed E-state index contributed by atoms with van der Waals surface area (Å²) in [6.07, 6.45) is 2.91. The summed E-state index contributed by atoms with van der Waals surface area (Å²) < 4.78 is 0. The maximum absolute atomic E-state index is 10.6. The van der Waals surface area contributed by atoms with E-state index < -0.39 is 6.10 Å². The van der Waals surface area contributed by atoms with Crippen molar-refractivity contribution >= 4 is 0 Å². The van der Waals surface area contributed by atoms with Gasteiger partial charge in [-0.15, -0.1) is 0 Å². The fourth-order valence-electron chi connectivity index (χ4n) is 3.97. The molecule has 5 N–H and O–H groups in total. The molecule has 0 aliphatic heterocycles. The van der Waals surface area contributed by atoms with Crippen LogP contribution >= 0.6 is 0 Å². The lowest BCUT2D eigenvalue weighted by molar-refractivity contribution is 0.151. The molecule has 1 aliphatic carbocycles. The zero-order chi connectivity index (χ0) is 16.7. The number of aromatic hydroxyl groups is 2. The molecule has 1 aromatic rings. The maximum Gasteiger partial charge on any atom is 0.122 e. The minimum absolute atomic E-state index is 0.0936. The van der Waals surface area contributed by atoms with E-state index in [-0.39, 0.29) is 22.5 Å². The molecule has 0 heterocycles. The second kappa shape index (κ2) is 5.74. The van der Waals surface area contributed by atoms with Gasteiger partial charge >= 0.3 is 0 Å². The molecule has 22 heavy (non-hydrogen) atoms. The fourth-order valence-corrected chi connectivity index (χ4v) is 3.97. The van der Waals surface area contributed by atoms with Crippen molar-refractivity contribution in [2.45, 2.75) is 71.4 Å². The second-order valence-electron chi connectivity index (χ2n) is 8.21. The lowest BCUT2D eigenvalue weighted by Crippen LogP contribution is -2.38. The summed E-state index contributed by atoms with van der Waals surface area (Å²) in [6.45, 7) is 8.23. The fraction of sp³-hybridized carbons (Fsp3) is 0.667. The smallest absolute Gasteiger partial charge is 0.122 e. The van der Waals surface area contributed by atoms with Crippen LogP contribution in [0.3, 0.4) is 0 Å². The summed E-state index contributed by atoms with van der Waals surface area (Å²) in [5, 5.41) is 30.9. The molecule has 0 bridgehead atoms. The number of nitrogens with two attached hydrogens (primary N) is 1. The van der Waals surface area contributed by atoms with Gasteiger partial charge in [-0.2, -0.15) is 0 Å². The molecule has 4 nitrogen and oxygen atoms in total. The minimum Gasteiger partial charge on any atom is -0.508 e. The summed E-state index contributed by atoms with van der Waals surface area (Å²) in [4.78, 5) is 0. The Balaban J connectivity index is 2.35. The zero-order valence-electron chi connectivity index (χ0n) is 14.1. The Labute approximate surface area is 133 Å². The standard InChI is InChI=1S/C18H29NO3/c1-17(2,10-18(3,4)19)9-11-8-14(21)15-12(16(11)22)6-5-7-13(15)20/h8,13,20-22H,5-7,9-10,19H2,1-4H3. The van der Waals surface area contributed by atoms with Crippen LogP contribution in [0.5, 0.6) is 11.5 Å². The Kier molecular flexibility index (Phi) is 4.46. The van der Waals surface area contributed by atoms with E-state index in [9.17, 15) is 15.3 Å². The van der Waals surface area contributed by atoms with Crippen LogP contribution < -0.4 is 5.73 Å². The Hall–Kier alpha value is -1.26. The van der Waals surface area contributed by atoms with Crippen molar-refractivity contribution < 1.29 is 15.3 Å². The zero-order valence-corrected chi connectivity index (χ0v) is 14.1. The second-order valence-corrected chi connectivity index (χ2v) is 8.21. The van der Waals surface area contributed by atoms with Gasteiger partial charge in [0.05, 0.1) is 6.10 Å². The van der Waals surface area contributed by atoms with Crippen LogP contribution in [0.2, 0.25) is 0 Å². The molecular weight excluding hydrogens is 278 g/mol. The molecule has 4 heteroatoms. The Morgan fingerprint density at radius 2 is 1.86 bits per heavy atom. The van der Waals surface area contributed by atoms with Crippen LogP contribution in [-0.2, 0) is 12.8 Å². The van der Waals surface area contributed by atoms with E-state index in [2.05, 4.69) is 13.8 Å². The maximum atomic E-state index is 10.6. The number of hydrogen-bond acceptors (Lipinski definition) is 4. The predicted molar refractivity (Wildman–Crippen MR) is 88.0 cm³/mol. The molecule has 0 spiro atoms. The molecule has 2 rings (SSSR count). The Morgan fingerprint density at radius 3 is 2.45 bits per heavy atom. The van der Waals surface area contributed by atoms with Gasteiger partial charge in [-0.1, -0.05) is 13.8 Å². The summed E-state index contributed by atoms with van der Waals surface area (Å²) in [5.41, 5.74) is 7.69. The lowest BCUT2D eigenvalue weighted by Gasteiger charge is -2.33. The molecular formula is C18H29NO3. The first-order chi connectivity index (χ1) is 10.0. The van der Waals surface area contributed by atoms with Gasteiger partial charge in [0.15, 0.2) is 0 Å². The van der Waals surface area contributed by atoms with E-state index in [1.165, 1.54) is 0 Å². The Bertz CT molecular complexity index is 558. The molecule has 1 aromatic carbocycles. The van der Waals surface area contributed by atoms with Crippen LogP contribution in [0.15, 0.2) is 6.07 Å². The van der Waals surface area contributed by atoms with Crippen molar-refractivity contribution in [2.75, 3.05) is 0 Å². The molecule has 1 unspecified atom stereocenters. The van der Waals surface area contributed by atoms with E-state index in [4.69, 9.17) is 5.73 Å². The number of aliphatic hydroxyl groups is 1. The van der Waals surface area contributed by atoms with Crippen molar-refractivity contribution in [1.29, 1.82) is 0 Å². The average Bonchev–Trinajstić information content (AvgIpc) is 2.31. The first-order valence-electron chi connectivity index (χ1n) is 8.04. The van der Waals surface area contributed by atoms with E-state index in [1.807, 2.05) is 13.8 Å². The number of hydrogen-bond donors (Lipinski definition) is 4. The minimum atomic E-state index is -0.681. The van der Waals surface area contributed by atoms with Crippen molar-refractivity contribution in [3.05, 3.63) is 22.8 Å². The molecule has 0 saturated carbocycles. The average molecular weight is 307 g/mol. The lowest BCUT2D eigenvalue weighted by atomic mass is 9.75. The third-order valence-electron chi connectivity index (χ3n) is 4.34. The van der Waals surface area contributed by atoms with E-state index in [0.717, 1.165) is 18.4 Å². The van der Waals surface area contributed by atoms with Gasteiger partial charge in [0.2, 0.25) is 0 Å². The van der Waals surface area contributed by atoms with Gasteiger partial charge in [0.1, 0.15) is 11.5 Å². The van der Waals surface area contributed by atoms with Crippen LogP contribution in [0.1, 0.15) is 69.8 Å². The highest BCUT2D eigenvalue weighted by atomic mass is 16.3. The molecule has 0 saturated heterocycles. The van der Waals surface area contributed by atoms with Crippen molar-refractivity contribution in [3.63, 3.8) is 0 Å². The molecule has 124 valence electrons. The normalized spacial score (nSPS) is 19.1. The third kappa shape index (κ3) is 3.73. The molecule has 0 aromatic heterocycles. The predicted octanol–water partition coefficient (Wildman–Crippen LogP) is 3.16. The van der Waals surface area contributed by atoms with E-state index >= 15 is 0 Å². The third-order valence-corrected chi connectivity index (χ3v) is 4.34. The van der Waals surface area contributed by atoms with E-state index in [0.29, 0.717) is 30.4 Å². The number of benzene rings is 1. The number of rotatable bonds is 4. The first kappa shape index (κ1) is 17.1. The largest absolute Gasteiger partial charge is 0.508 e. The van der Waals surface area contributed by atoms with Gasteiger partial charge in [-0.25, -0.2) is 0 Å². The van der Waals surface area contributed by atoms with Gasteiger partial charge in [0.25, 0.3) is 0 Å². The summed E-state index contributed by atoms with van der Waals surface area (Å²) >= 11 is 0. The van der Waals surface area contributed by atoms with Crippen LogP contribution in [0.25, 0.3) is 0 Å². The van der Waals surface area contributed by atoms with Crippen LogP contribution in [0.4, 0.5) is 0 Å². The highest BCUT2D eigenvalue weighted by Gasteiger charge is 2.30. The Morgan fingerprint density at radius 1 is 1.23 bits per heavy atom. The summed E-state index contributed by atoms with van der Waals surface area (Å²) in [7, 11) is 0. The molecule has 0 amide bonds. The monoisotopic (exact) mass is 307 g/mol. The molecule has 0 fully saturated rings. The van der Waals surface area contributed by atoms with Gasteiger partial charge in [0, 0.05) is 16.7 Å². The van der Waals surface area contributed by atoms with Gasteiger partial charge in [-0.05, 0) is 63.0 Å². The van der Waals surface area contributed by atoms with Gasteiger partial charge < -0.3 is 21.1 Å². The summed E-state index contributed by atoms with van der Waals surface area (Å²) in [6, 6.07) is 1.61. The summed E-state index contributed by atoms with van der Waals surface area (Å²) in [5.74, 6) is 0.326.